The molecule has 0 saturated carbocycles. The Morgan fingerprint density at radius 2 is 1.80 bits per heavy atom. The van der Waals surface area contributed by atoms with Gasteiger partial charge in [0.25, 0.3) is 0 Å². The minimum atomic E-state index is -0.301. The fraction of sp³-hybridized carbons (Fsp3) is 0.294. The molecule has 0 radical (unpaired) electrons. The van der Waals surface area contributed by atoms with Crippen molar-refractivity contribution in [1.29, 1.82) is 0 Å². The lowest BCUT2D eigenvalue weighted by atomic mass is 9.88. The topological polar surface area (TPSA) is 34.5 Å². The molecule has 1 aromatic heterocycles. The molecule has 0 unspecified atom stereocenters. The summed E-state index contributed by atoms with van der Waals surface area (Å²) in [5.41, 5.74) is 1.87. The van der Waals surface area contributed by atoms with Crippen molar-refractivity contribution in [3.05, 3.63) is 66.0 Å². The number of aromatic nitrogens is 1. The summed E-state index contributed by atoms with van der Waals surface area (Å²) in [6, 6.07) is 16.3. The van der Waals surface area contributed by atoms with E-state index in [0.717, 1.165) is 11.6 Å². The van der Waals surface area contributed by atoms with Crippen molar-refractivity contribution in [3.63, 3.8) is 0 Å². The molecule has 0 aliphatic carbocycles. The number of hydrogen-bond donors (Lipinski definition) is 0. The average Bonchev–Trinajstić information content (AvgIpc) is 3.00. The van der Waals surface area contributed by atoms with Gasteiger partial charge in [-0.05, 0) is 31.5 Å². The number of benzene rings is 1. The molecule has 3 rings (SSSR count). The van der Waals surface area contributed by atoms with Gasteiger partial charge in [0, 0.05) is 6.20 Å². The van der Waals surface area contributed by atoms with Crippen LogP contribution in [0.4, 0.5) is 0 Å². The van der Waals surface area contributed by atoms with Crippen LogP contribution in [0.15, 0.2) is 59.7 Å². The predicted octanol–water partition coefficient (Wildman–Crippen LogP) is 3.53. The van der Waals surface area contributed by atoms with E-state index < -0.39 is 0 Å². The van der Waals surface area contributed by atoms with E-state index >= 15 is 0 Å². The Kier molecular flexibility index (Phi) is 3.26. The molecule has 3 heteroatoms. The second-order valence-corrected chi connectivity index (χ2v) is 5.51. The quantitative estimate of drug-likeness (QED) is 0.851. The minimum absolute atomic E-state index is 0.0918. The summed E-state index contributed by atoms with van der Waals surface area (Å²) < 4.78 is 5.85. The van der Waals surface area contributed by atoms with Crippen LogP contribution in [0.3, 0.4) is 0 Å². The zero-order valence-electron chi connectivity index (χ0n) is 11.8. The van der Waals surface area contributed by atoms with Gasteiger partial charge in [-0.2, -0.15) is 0 Å². The van der Waals surface area contributed by atoms with E-state index in [-0.39, 0.29) is 11.5 Å². The van der Waals surface area contributed by atoms with Gasteiger partial charge in [-0.25, -0.2) is 4.99 Å². The van der Waals surface area contributed by atoms with Crippen LogP contribution in [0.2, 0.25) is 0 Å². The highest BCUT2D eigenvalue weighted by atomic mass is 16.5. The first-order valence-electron chi connectivity index (χ1n) is 6.85. The summed E-state index contributed by atoms with van der Waals surface area (Å²) in [4.78, 5) is 9.19. The Balaban J connectivity index is 1.88. The maximum atomic E-state index is 5.85. The van der Waals surface area contributed by atoms with E-state index in [0.29, 0.717) is 6.61 Å². The summed E-state index contributed by atoms with van der Waals surface area (Å²) in [6.07, 6.45) is 1.81. The number of aliphatic imine (C=N–C) groups is 1. The molecule has 1 atom stereocenters. The SMILES string of the molecule is CC(C)(C1=N[C@H](c2ccccc2)CO1)c1ccccn1. The van der Waals surface area contributed by atoms with Crippen molar-refractivity contribution in [2.24, 2.45) is 4.99 Å². The van der Waals surface area contributed by atoms with Gasteiger partial charge in [0.2, 0.25) is 0 Å². The van der Waals surface area contributed by atoms with E-state index in [1.165, 1.54) is 5.56 Å². The summed E-state index contributed by atoms with van der Waals surface area (Å²) in [6.45, 7) is 4.80. The maximum absolute atomic E-state index is 5.85. The fourth-order valence-electron chi connectivity index (χ4n) is 2.40. The van der Waals surface area contributed by atoms with E-state index in [9.17, 15) is 0 Å². The summed E-state index contributed by atoms with van der Waals surface area (Å²) in [5, 5.41) is 0. The summed E-state index contributed by atoms with van der Waals surface area (Å²) in [5.74, 6) is 0.769. The minimum Gasteiger partial charge on any atom is -0.478 e. The third-order valence-corrected chi connectivity index (χ3v) is 3.68. The van der Waals surface area contributed by atoms with Crippen LogP contribution in [0.25, 0.3) is 0 Å². The highest BCUT2D eigenvalue weighted by Gasteiger charge is 2.35. The third-order valence-electron chi connectivity index (χ3n) is 3.68. The summed E-state index contributed by atoms with van der Waals surface area (Å²) in [7, 11) is 0. The van der Waals surface area contributed by atoms with Gasteiger partial charge in [0.05, 0.1) is 11.1 Å². The molecule has 102 valence electrons. The second kappa shape index (κ2) is 5.08. The highest BCUT2D eigenvalue weighted by Crippen LogP contribution is 2.31. The molecule has 1 aliphatic heterocycles. The fourth-order valence-corrected chi connectivity index (χ4v) is 2.40. The average molecular weight is 266 g/mol. The Labute approximate surface area is 119 Å². The van der Waals surface area contributed by atoms with Crippen molar-refractivity contribution < 1.29 is 4.74 Å². The van der Waals surface area contributed by atoms with Gasteiger partial charge in [0.1, 0.15) is 12.6 Å². The van der Waals surface area contributed by atoms with Crippen LogP contribution < -0.4 is 0 Å². The predicted molar refractivity (Wildman–Crippen MR) is 79.8 cm³/mol. The molecule has 1 aliphatic rings. The van der Waals surface area contributed by atoms with Crippen LogP contribution in [0.1, 0.15) is 31.1 Å². The van der Waals surface area contributed by atoms with Crippen LogP contribution in [0.5, 0.6) is 0 Å². The lowest BCUT2D eigenvalue weighted by Crippen LogP contribution is -2.30. The first kappa shape index (κ1) is 12.9. The van der Waals surface area contributed by atoms with Gasteiger partial charge in [-0.3, -0.25) is 4.98 Å². The van der Waals surface area contributed by atoms with Crippen LogP contribution >= 0.6 is 0 Å². The summed E-state index contributed by atoms with van der Waals surface area (Å²) >= 11 is 0. The first-order valence-corrected chi connectivity index (χ1v) is 6.85. The molecule has 3 nitrogen and oxygen atoms in total. The second-order valence-electron chi connectivity index (χ2n) is 5.51. The van der Waals surface area contributed by atoms with Crippen LogP contribution in [-0.2, 0) is 10.2 Å². The number of hydrogen-bond acceptors (Lipinski definition) is 3. The van der Waals surface area contributed by atoms with Crippen molar-refractivity contribution >= 4 is 5.90 Å². The van der Waals surface area contributed by atoms with Crippen molar-refractivity contribution in [2.45, 2.75) is 25.3 Å². The molecule has 2 heterocycles. The van der Waals surface area contributed by atoms with E-state index in [4.69, 9.17) is 9.73 Å². The van der Waals surface area contributed by atoms with Crippen molar-refractivity contribution in [3.8, 4) is 0 Å². The molecule has 0 fully saturated rings. The smallest absolute Gasteiger partial charge is 0.196 e. The zero-order valence-corrected chi connectivity index (χ0v) is 11.8. The molecular formula is C17H18N2O. The molecule has 0 spiro atoms. The number of nitrogens with zero attached hydrogens (tertiary/aromatic N) is 2. The van der Waals surface area contributed by atoms with Gasteiger partial charge in [-0.1, -0.05) is 36.4 Å². The Morgan fingerprint density at radius 1 is 1.05 bits per heavy atom. The van der Waals surface area contributed by atoms with Crippen LogP contribution in [-0.4, -0.2) is 17.5 Å². The normalized spacial score (nSPS) is 18.5. The van der Waals surface area contributed by atoms with E-state index in [1.807, 2.05) is 36.4 Å². The molecule has 0 saturated heterocycles. The van der Waals surface area contributed by atoms with Gasteiger partial charge < -0.3 is 4.74 Å². The number of pyridine rings is 1. The Hall–Kier alpha value is -2.16. The molecule has 20 heavy (non-hydrogen) atoms. The Bertz CT molecular complexity index is 605. The largest absolute Gasteiger partial charge is 0.478 e. The van der Waals surface area contributed by atoms with Gasteiger partial charge >= 0.3 is 0 Å². The van der Waals surface area contributed by atoms with E-state index in [2.05, 4.69) is 31.0 Å². The van der Waals surface area contributed by atoms with Crippen molar-refractivity contribution in [2.75, 3.05) is 6.61 Å². The number of rotatable bonds is 3. The monoisotopic (exact) mass is 266 g/mol. The first-order chi connectivity index (χ1) is 9.68. The van der Waals surface area contributed by atoms with Crippen molar-refractivity contribution in [1.82, 2.24) is 4.98 Å². The highest BCUT2D eigenvalue weighted by molar-refractivity contribution is 5.88. The molecule has 0 amide bonds. The lowest BCUT2D eigenvalue weighted by Gasteiger charge is -2.22. The standard InChI is InChI=1S/C17H18N2O/c1-17(2,15-10-6-7-11-18-15)16-19-14(12-20-16)13-8-4-3-5-9-13/h3-11,14H,12H2,1-2H3/t14-/m0/s1. The lowest BCUT2D eigenvalue weighted by molar-refractivity contribution is 0.295. The van der Waals surface area contributed by atoms with Gasteiger partial charge in [0.15, 0.2) is 5.90 Å². The molecular weight excluding hydrogens is 248 g/mol. The molecule has 0 N–H and O–H groups in total. The Morgan fingerprint density at radius 3 is 2.50 bits per heavy atom. The molecule has 2 aromatic rings. The van der Waals surface area contributed by atoms with Crippen LogP contribution in [0, 0.1) is 0 Å². The molecule has 0 bridgehead atoms. The molecule has 1 aromatic carbocycles. The van der Waals surface area contributed by atoms with E-state index in [1.54, 1.807) is 6.20 Å². The number of ether oxygens (including phenoxy) is 1. The third kappa shape index (κ3) is 2.31. The maximum Gasteiger partial charge on any atom is 0.196 e. The zero-order chi connectivity index (χ0) is 14.0. The van der Waals surface area contributed by atoms with Gasteiger partial charge in [-0.15, -0.1) is 0 Å².